The van der Waals surface area contributed by atoms with Gasteiger partial charge in [-0.05, 0) is 30.2 Å². The van der Waals surface area contributed by atoms with E-state index in [9.17, 15) is 4.79 Å². The number of hydrogen-bond acceptors (Lipinski definition) is 4. The molecule has 0 aliphatic carbocycles. The largest absolute Gasteiger partial charge is 0.497 e. The predicted octanol–water partition coefficient (Wildman–Crippen LogP) is 1.76. The van der Waals surface area contributed by atoms with Crippen molar-refractivity contribution in [3.05, 3.63) is 24.3 Å². The van der Waals surface area contributed by atoms with Crippen molar-refractivity contribution in [1.82, 2.24) is 4.90 Å². The van der Waals surface area contributed by atoms with E-state index >= 15 is 0 Å². The average Bonchev–Trinajstić information content (AvgIpc) is 2.48. The minimum atomic E-state index is -0.129. The maximum absolute atomic E-state index is 12.2. The number of ether oxygens (including phenoxy) is 2. The molecular formula is C16H26N2O3. The van der Waals surface area contributed by atoms with Crippen molar-refractivity contribution in [2.45, 2.75) is 13.8 Å². The predicted molar refractivity (Wildman–Crippen MR) is 83.5 cm³/mol. The van der Waals surface area contributed by atoms with Crippen molar-refractivity contribution in [1.29, 1.82) is 0 Å². The molecule has 2 N–H and O–H groups in total. The third-order valence-electron chi connectivity index (χ3n) is 3.51. The number of benzene rings is 1. The fraction of sp³-hybridized carbons (Fsp3) is 0.562. The van der Waals surface area contributed by atoms with E-state index in [4.69, 9.17) is 15.2 Å². The second-order valence-corrected chi connectivity index (χ2v) is 5.37. The molecule has 5 heteroatoms. The van der Waals surface area contributed by atoms with E-state index in [0.717, 1.165) is 11.5 Å². The van der Waals surface area contributed by atoms with Gasteiger partial charge < -0.3 is 20.1 Å². The summed E-state index contributed by atoms with van der Waals surface area (Å²) in [6, 6.07) is 7.37. The highest BCUT2D eigenvalue weighted by atomic mass is 16.5. The van der Waals surface area contributed by atoms with Gasteiger partial charge >= 0.3 is 0 Å². The van der Waals surface area contributed by atoms with Crippen LogP contribution in [0.15, 0.2) is 24.3 Å². The summed E-state index contributed by atoms with van der Waals surface area (Å²) in [6.45, 7) is 5.38. The number of methoxy groups -OCH3 is 1. The van der Waals surface area contributed by atoms with Crippen LogP contribution in [-0.2, 0) is 4.79 Å². The van der Waals surface area contributed by atoms with Gasteiger partial charge in [-0.15, -0.1) is 0 Å². The number of nitrogens with zero attached hydrogens (tertiary/aromatic N) is 1. The first kappa shape index (κ1) is 17.3. The van der Waals surface area contributed by atoms with Crippen LogP contribution in [0.2, 0.25) is 0 Å². The molecule has 5 nitrogen and oxygen atoms in total. The molecule has 0 aliphatic rings. The lowest BCUT2D eigenvalue weighted by molar-refractivity contribution is -0.135. The number of hydrogen-bond donors (Lipinski definition) is 1. The molecule has 118 valence electrons. The van der Waals surface area contributed by atoms with E-state index in [1.54, 1.807) is 19.1 Å². The zero-order valence-electron chi connectivity index (χ0n) is 13.3. The van der Waals surface area contributed by atoms with Gasteiger partial charge in [-0.2, -0.15) is 0 Å². The molecule has 1 aromatic carbocycles. The molecule has 0 heterocycles. The Hall–Kier alpha value is -1.75. The summed E-state index contributed by atoms with van der Waals surface area (Å²) in [5.74, 6) is 1.74. The van der Waals surface area contributed by atoms with Crippen molar-refractivity contribution in [3.63, 3.8) is 0 Å². The molecule has 0 fully saturated rings. The monoisotopic (exact) mass is 294 g/mol. The molecule has 1 rings (SSSR count). The standard InChI is InChI=1S/C16H26N2O3/c1-12(2)15(11-17)16(19)18(3)9-10-21-14-7-5-13(20-4)6-8-14/h5-8,12,15H,9-11,17H2,1-4H3. The minimum absolute atomic E-state index is 0.0748. The Balaban J connectivity index is 2.41. The molecule has 1 unspecified atom stereocenters. The summed E-state index contributed by atoms with van der Waals surface area (Å²) < 4.78 is 10.7. The molecule has 0 saturated carbocycles. The highest BCUT2D eigenvalue weighted by Gasteiger charge is 2.23. The molecule has 0 aromatic heterocycles. The number of nitrogens with two attached hydrogens (primary N) is 1. The normalized spacial score (nSPS) is 12.1. The lowest BCUT2D eigenvalue weighted by atomic mass is 9.94. The second kappa shape index (κ2) is 8.52. The Bertz CT molecular complexity index is 432. The smallest absolute Gasteiger partial charge is 0.227 e. The van der Waals surface area contributed by atoms with E-state index in [2.05, 4.69) is 0 Å². The Kier molecular flexibility index (Phi) is 7.02. The van der Waals surface area contributed by atoms with Gasteiger partial charge in [0.1, 0.15) is 18.1 Å². The molecule has 0 saturated heterocycles. The molecular weight excluding hydrogens is 268 g/mol. The average molecular weight is 294 g/mol. The molecule has 1 amide bonds. The van der Waals surface area contributed by atoms with Gasteiger partial charge in [-0.1, -0.05) is 13.8 Å². The first-order valence-electron chi connectivity index (χ1n) is 7.21. The Labute approximate surface area is 127 Å². The van der Waals surface area contributed by atoms with Gasteiger partial charge in [-0.3, -0.25) is 4.79 Å². The zero-order chi connectivity index (χ0) is 15.8. The second-order valence-electron chi connectivity index (χ2n) is 5.37. The molecule has 0 radical (unpaired) electrons. The van der Waals surface area contributed by atoms with Crippen LogP contribution in [-0.4, -0.2) is 44.7 Å². The van der Waals surface area contributed by atoms with Crippen LogP contribution in [0, 0.1) is 11.8 Å². The van der Waals surface area contributed by atoms with E-state index in [-0.39, 0.29) is 17.7 Å². The number of carbonyl (C=O) groups is 1. The molecule has 0 bridgehead atoms. The molecule has 1 atom stereocenters. The van der Waals surface area contributed by atoms with E-state index < -0.39 is 0 Å². The van der Waals surface area contributed by atoms with Crippen LogP contribution < -0.4 is 15.2 Å². The lowest BCUT2D eigenvalue weighted by Crippen LogP contribution is -2.40. The topological polar surface area (TPSA) is 64.8 Å². The van der Waals surface area contributed by atoms with Crippen LogP contribution in [0.4, 0.5) is 0 Å². The fourth-order valence-electron chi connectivity index (χ4n) is 2.02. The van der Waals surface area contributed by atoms with Gasteiger partial charge in [0.15, 0.2) is 0 Å². The van der Waals surface area contributed by atoms with Crippen molar-refractivity contribution in [3.8, 4) is 11.5 Å². The van der Waals surface area contributed by atoms with Crippen LogP contribution in [0.1, 0.15) is 13.8 Å². The number of rotatable bonds is 8. The van der Waals surface area contributed by atoms with Crippen LogP contribution in [0.5, 0.6) is 11.5 Å². The Morgan fingerprint density at radius 1 is 1.24 bits per heavy atom. The summed E-state index contributed by atoms with van der Waals surface area (Å²) in [5.41, 5.74) is 5.67. The van der Waals surface area contributed by atoms with E-state index in [0.29, 0.717) is 19.7 Å². The zero-order valence-corrected chi connectivity index (χ0v) is 13.3. The molecule has 1 aromatic rings. The number of amides is 1. The first-order valence-corrected chi connectivity index (χ1v) is 7.21. The van der Waals surface area contributed by atoms with Gasteiger partial charge in [-0.25, -0.2) is 0 Å². The maximum Gasteiger partial charge on any atom is 0.227 e. The SMILES string of the molecule is COc1ccc(OCCN(C)C(=O)C(CN)C(C)C)cc1. The summed E-state index contributed by atoms with van der Waals surface area (Å²) in [6.07, 6.45) is 0. The third-order valence-corrected chi connectivity index (χ3v) is 3.51. The van der Waals surface area contributed by atoms with Gasteiger partial charge in [0.2, 0.25) is 5.91 Å². The Morgan fingerprint density at radius 3 is 2.29 bits per heavy atom. The summed E-state index contributed by atoms with van der Waals surface area (Å²) in [4.78, 5) is 13.9. The summed E-state index contributed by atoms with van der Waals surface area (Å²) >= 11 is 0. The number of carbonyl (C=O) groups excluding carboxylic acids is 1. The van der Waals surface area contributed by atoms with Crippen molar-refractivity contribution in [2.24, 2.45) is 17.6 Å². The van der Waals surface area contributed by atoms with Crippen molar-refractivity contribution < 1.29 is 14.3 Å². The Morgan fingerprint density at radius 2 is 1.81 bits per heavy atom. The molecule has 0 aliphatic heterocycles. The van der Waals surface area contributed by atoms with Gasteiger partial charge in [0.05, 0.1) is 19.6 Å². The molecule has 0 spiro atoms. The maximum atomic E-state index is 12.2. The first-order chi connectivity index (χ1) is 9.99. The fourth-order valence-corrected chi connectivity index (χ4v) is 2.02. The van der Waals surface area contributed by atoms with Crippen LogP contribution in [0.25, 0.3) is 0 Å². The summed E-state index contributed by atoms with van der Waals surface area (Å²) in [5, 5.41) is 0. The van der Waals surface area contributed by atoms with E-state index in [1.807, 2.05) is 38.1 Å². The minimum Gasteiger partial charge on any atom is -0.497 e. The van der Waals surface area contributed by atoms with Crippen LogP contribution in [0.3, 0.4) is 0 Å². The van der Waals surface area contributed by atoms with Gasteiger partial charge in [0, 0.05) is 13.6 Å². The van der Waals surface area contributed by atoms with E-state index in [1.165, 1.54) is 0 Å². The molecule has 21 heavy (non-hydrogen) atoms. The number of likely N-dealkylation sites (N-methyl/N-ethyl adjacent to an activating group) is 1. The van der Waals surface area contributed by atoms with Crippen LogP contribution >= 0.6 is 0 Å². The quantitative estimate of drug-likeness (QED) is 0.793. The third kappa shape index (κ3) is 5.27. The highest BCUT2D eigenvalue weighted by Crippen LogP contribution is 2.17. The summed E-state index contributed by atoms with van der Waals surface area (Å²) in [7, 11) is 3.41. The highest BCUT2D eigenvalue weighted by molar-refractivity contribution is 5.79. The van der Waals surface area contributed by atoms with Crippen molar-refractivity contribution >= 4 is 5.91 Å². The van der Waals surface area contributed by atoms with Gasteiger partial charge in [0.25, 0.3) is 0 Å². The van der Waals surface area contributed by atoms with Crippen molar-refractivity contribution in [2.75, 3.05) is 33.9 Å². The lowest BCUT2D eigenvalue weighted by Gasteiger charge is -2.25.